The lowest BCUT2D eigenvalue weighted by molar-refractivity contribution is -0.0320. The van der Waals surface area contributed by atoms with Crippen LogP contribution in [0.4, 0.5) is 0 Å². The van der Waals surface area contributed by atoms with E-state index >= 15 is 0 Å². The zero-order chi connectivity index (χ0) is 22.4. The van der Waals surface area contributed by atoms with Crippen molar-refractivity contribution < 1.29 is 24.2 Å². The summed E-state index contributed by atoms with van der Waals surface area (Å²) >= 11 is 12.4. The fourth-order valence-electron chi connectivity index (χ4n) is 3.23. The maximum atomic E-state index is 13.2. The van der Waals surface area contributed by atoms with Gasteiger partial charge in [-0.2, -0.15) is 0 Å². The van der Waals surface area contributed by atoms with Crippen molar-refractivity contribution in [1.82, 2.24) is 5.06 Å². The molecule has 0 aliphatic carbocycles. The van der Waals surface area contributed by atoms with Gasteiger partial charge in [0.1, 0.15) is 0 Å². The molecule has 0 aromatic heterocycles. The number of halogens is 2. The molecular formula is C23H23Cl2NO5. The van der Waals surface area contributed by atoms with Gasteiger partial charge in [0.15, 0.2) is 17.3 Å². The van der Waals surface area contributed by atoms with Crippen LogP contribution in [0, 0.1) is 0 Å². The number of methoxy groups -OCH3 is 2. The van der Waals surface area contributed by atoms with Gasteiger partial charge in [0, 0.05) is 24.1 Å². The molecule has 0 saturated heterocycles. The van der Waals surface area contributed by atoms with E-state index in [9.17, 15) is 10.0 Å². The number of ketones is 1. The molecule has 8 heteroatoms. The Morgan fingerprint density at radius 2 is 1.81 bits per heavy atom. The average molecular weight is 464 g/mol. The Labute approximate surface area is 191 Å². The van der Waals surface area contributed by atoms with Crippen molar-refractivity contribution in [3.8, 4) is 17.2 Å². The summed E-state index contributed by atoms with van der Waals surface area (Å²) in [7, 11) is 3.01. The predicted octanol–water partition coefficient (Wildman–Crippen LogP) is 5.18. The molecular weight excluding hydrogens is 441 g/mol. The minimum absolute atomic E-state index is 0.0491. The minimum atomic E-state index is -0.248. The van der Waals surface area contributed by atoms with Crippen molar-refractivity contribution in [1.29, 1.82) is 0 Å². The topological polar surface area (TPSA) is 68.2 Å². The van der Waals surface area contributed by atoms with Crippen LogP contribution in [0.1, 0.15) is 22.3 Å². The Balaban J connectivity index is 1.87. The number of benzene rings is 2. The molecule has 3 rings (SSSR count). The van der Waals surface area contributed by atoms with Crippen LogP contribution in [-0.2, 0) is 6.42 Å². The number of rotatable bonds is 9. The zero-order valence-corrected chi connectivity index (χ0v) is 18.7. The molecule has 0 fully saturated rings. The molecule has 164 valence electrons. The summed E-state index contributed by atoms with van der Waals surface area (Å²) in [5.41, 5.74) is 1.91. The van der Waals surface area contributed by atoms with E-state index in [1.54, 1.807) is 12.1 Å². The quantitative estimate of drug-likeness (QED) is 0.516. The summed E-state index contributed by atoms with van der Waals surface area (Å²) in [6, 6.07) is 13.2. The predicted molar refractivity (Wildman–Crippen MR) is 119 cm³/mol. The lowest BCUT2D eigenvalue weighted by Gasteiger charge is -2.21. The van der Waals surface area contributed by atoms with Gasteiger partial charge in [-0.1, -0.05) is 53.5 Å². The zero-order valence-electron chi connectivity index (χ0n) is 17.2. The van der Waals surface area contributed by atoms with Crippen LogP contribution in [0.3, 0.4) is 0 Å². The third kappa shape index (κ3) is 5.53. The summed E-state index contributed by atoms with van der Waals surface area (Å²) in [5, 5.41) is 11.0. The van der Waals surface area contributed by atoms with Crippen LogP contribution in [0.15, 0.2) is 64.3 Å². The van der Waals surface area contributed by atoms with E-state index in [2.05, 4.69) is 0 Å². The Hall–Kier alpha value is -2.67. The highest BCUT2D eigenvalue weighted by molar-refractivity contribution is 6.36. The number of nitrogens with zero attached hydrogens (tertiary/aromatic N) is 1. The molecule has 1 aliphatic rings. The second-order valence-electron chi connectivity index (χ2n) is 6.82. The van der Waals surface area contributed by atoms with Crippen molar-refractivity contribution in [3.63, 3.8) is 0 Å². The van der Waals surface area contributed by atoms with Gasteiger partial charge >= 0.3 is 0 Å². The average Bonchev–Trinajstić information content (AvgIpc) is 2.76. The molecule has 0 atom stereocenters. The molecule has 0 bridgehead atoms. The molecule has 2 aromatic rings. The molecule has 1 N–H and O–H groups in total. The molecule has 0 amide bonds. The molecule has 2 aromatic carbocycles. The molecule has 0 unspecified atom stereocenters. The number of carbonyl (C=O) groups excluding carboxylic acids is 1. The molecule has 0 radical (unpaired) electrons. The molecule has 6 nitrogen and oxygen atoms in total. The molecule has 31 heavy (non-hydrogen) atoms. The summed E-state index contributed by atoms with van der Waals surface area (Å²) < 4.78 is 16.9. The summed E-state index contributed by atoms with van der Waals surface area (Å²) in [6.45, 7) is 0.407. The Morgan fingerprint density at radius 1 is 1.06 bits per heavy atom. The van der Waals surface area contributed by atoms with E-state index in [-0.39, 0.29) is 23.8 Å². The second kappa shape index (κ2) is 10.6. The van der Waals surface area contributed by atoms with Crippen molar-refractivity contribution in [2.45, 2.75) is 12.8 Å². The number of hydroxylamine groups is 2. The fourth-order valence-corrected chi connectivity index (χ4v) is 3.87. The molecule has 1 aliphatic heterocycles. The maximum Gasteiger partial charge on any atom is 0.204 e. The first-order valence-electron chi connectivity index (χ1n) is 9.60. The Kier molecular flexibility index (Phi) is 7.85. The number of carbonyl (C=O) groups is 1. The van der Waals surface area contributed by atoms with Gasteiger partial charge in [-0.15, -0.1) is 0 Å². The van der Waals surface area contributed by atoms with E-state index < -0.39 is 0 Å². The summed E-state index contributed by atoms with van der Waals surface area (Å²) in [5.74, 6) is 0.854. The SMILES string of the molecule is COc1ccc(C(=O)CC2=C(Cl)CN(O)C=C2Cl)c(OCCc2ccccc2)c1OC. The normalized spacial score (nSPS) is 13.7. The van der Waals surface area contributed by atoms with Gasteiger partial charge in [-0.3, -0.25) is 15.1 Å². The van der Waals surface area contributed by atoms with Crippen LogP contribution in [0.5, 0.6) is 17.2 Å². The fraction of sp³-hybridized carbons (Fsp3) is 0.261. The van der Waals surface area contributed by atoms with Crippen molar-refractivity contribution >= 4 is 29.0 Å². The third-order valence-electron chi connectivity index (χ3n) is 4.80. The van der Waals surface area contributed by atoms with E-state index in [1.165, 1.54) is 20.4 Å². The smallest absolute Gasteiger partial charge is 0.204 e. The number of hydrogen-bond acceptors (Lipinski definition) is 6. The Bertz CT molecular complexity index is 1000. The first-order valence-corrected chi connectivity index (χ1v) is 10.4. The van der Waals surface area contributed by atoms with E-state index in [0.29, 0.717) is 46.4 Å². The highest BCUT2D eigenvalue weighted by Gasteiger charge is 2.25. The third-order valence-corrected chi connectivity index (χ3v) is 5.47. The minimum Gasteiger partial charge on any atom is -0.493 e. The van der Waals surface area contributed by atoms with Gasteiger partial charge in [-0.25, -0.2) is 0 Å². The standard InChI is InChI=1S/C23H23Cl2NO5/c1-29-21-9-8-16(20(27)12-17-18(24)13-26(28)14-19(17)25)22(23(21)30-2)31-11-10-15-6-4-3-5-7-15/h3-9,13,28H,10-12,14H2,1-2H3. The Morgan fingerprint density at radius 3 is 2.45 bits per heavy atom. The van der Waals surface area contributed by atoms with Crippen LogP contribution < -0.4 is 14.2 Å². The molecule has 1 heterocycles. The highest BCUT2D eigenvalue weighted by Crippen LogP contribution is 2.41. The van der Waals surface area contributed by atoms with Crippen LogP contribution >= 0.6 is 23.2 Å². The lowest BCUT2D eigenvalue weighted by Crippen LogP contribution is -2.20. The maximum absolute atomic E-state index is 13.2. The van der Waals surface area contributed by atoms with Crippen LogP contribution in [-0.4, -0.2) is 43.4 Å². The van der Waals surface area contributed by atoms with Crippen molar-refractivity contribution in [2.24, 2.45) is 0 Å². The van der Waals surface area contributed by atoms with E-state index in [4.69, 9.17) is 37.4 Å². The van der Waals surface area contributed by atoms with Crippen molar-refractivity contribution in [2.75, 3.05) is 27.4 Å². The monoisotopic (exact) mass is 463 g/mol. The second-order valence-corrected chi connectivity index (χ2v) is 7.68. The van der Waals surface area contributed by atoms with Gasteiger partial charge < -0.3 is 14.2 Å². The number of Topliss-reactive ketones (excluding diaryl/α,β-unsaturated/α-hetero) is 1. The summed E-state index contributed by atoms with van der Waals surface area (Å²) in [4.78, 5) is 13.2. The number of ether oxygens (including phenoxy) is 3. The lowest BCUT2D eigenvalue weighted by atomic mass is 10.00. The van der Waals surface area contributed by atoms with Gasteiger partial charge in [-0.05, 0) is 23.3 Å². The van der Waals surface area contributed by atoms with Gasteiger partial charge in [0.05, 0.1) is 38.0 Å². The first kappa shape index (κ1) is 23.0. The molecule has 0 saturated carbocycles. The number of hydrogen-bond donors (Lipinski definition) is 1. The van der Waals surface area contributed by atoms with E-state index in [0.717, 1.165) is 10.6 Å². The van der Waals surface area contributed by atoms with Gasteiger partial charge in [0.2, 0.25) is 5.75 Å². The van der Waals surface area contributed by atoms with Crippen LogP contribution in [0.25, 0.3) is 0 Å². The highest BCUT2D eigenvalue weighted by atomic mass is 35.5. The van der Waals surface area contributed by atoms with Crippen molar-refractivity contribution in [3.05, 3.63) is 75.4 Å². The summed E-state index contributed by atoms with van der Waals surface area (Å²) in [6.07, 6.45) is 1.93. The van der Waals surface area contributed by atoms with Crippen LogP contribution in [0.2, 0.25) is 0 Å². The first-order chi connectivity index (χ1) is 14.9. The number of allylic oxidation sites excluding steroid dienone is 2. The van der Waals surface area contributed by atoms with E-state index in [1.807, 2.05) is 30.3 Å². The molecule has 0 spiro atoms. The van der Waals surface area contributed by atoms with Gasteiger partial charge in [0.25, 0.3) is 0 Å². The largest absolute Gasteiger partial charge is 0.493 e.